The van der Waals surface area contributed by atoms with Crippen molar-refractivity contribution in [3.05, 3.63) is 10.4 Å². The molecule has 0 aromatic rings. The van der Waals surface area contributed by atoms with E-state index in [1.165, 1.54) is 96.3 Å². The molecule has 176 valence electrons. The normalized spacial score (nSPS) is 31.0. The number of hydrogen-bond acceptors (Lipinski definition) is 2. The van der Waals surface area contributed by atoms with Crippen LogP contribution >= 0.6 is 0 Å². The Morgan fingerprint density at radius 2 is 1.35 bits per heavy atom. The Hall–Kier alpha value is -1.02. The first-order valence-electron chi connectivity index (χ1n) is 13.7. The van der Waals surface area contributed by atoms with E-state index in [4.69, 9.17) is 5.53 Å². The summed E-state index contributed by atoms with van der Waals surface area (Å²) >= 11 is 0. The van der Waals surface area contributed by atoms with E-state index in [0.29, 0.717) is 24.2 Å². The van der Waals surface area contributed by atoms with E-state index in [0.717, 1.165) is 37.5 Å². The van der Waals surface area contributed by atoms with E-state index in [1.54, 1.807) is 0 Å². The number of azide groups is 1. The minimum absolute atomic E-state index is 0.139. The average molecular weight is 430 g/mol. The number of hydrogen-bond donors (Lipinski definition) is 0. The van der Waals surface area contributed by atoms with Crippen LogP contribution in [-0.4, -0.2) is 12.3 Å². The monoisotopic (exact) mass is 429 g/mol. The summed E-state index contributed by atoms with van der Waals surface area (Å²) in [6.45, 7) is 2.83. The molecule has 0 radical (unpaired) electrons. The highest BCUT2D eigenvalue weighted by atomic mass is 16.1. The maximum atomic E-state index is 13.4. The van der Waals surface area contributed by atoms with E-state index in [-0.39, 0.29) is 5.41 Å². The highest BCUT2D eigenvalue weighted by molar-refractivity contribution is 5.85. The summed E-state index contributed by atoms with van der Waals surface area (Å²) < 4.78 is 0. The molecular formula is C27H47N3O. The van der Waals surface area contributed by atoms with Gasteiger partial charge in [-0.3, -0.25) is 4.79 Å². The zero-order valence-corrected chi connectivity index (χ0v) is 20.2. The summed E-state index contributed by atoms with van der Waals surface area (Å²) in [5.41, 5.74) is 8.71. The van der Waals surface area contributed by atoms with E-state index < -0.39 is 0 Å². The number of unbranched alkanes of at least 4 members (excludes halogenated alkanes) is 12. The lowest BCUT2D eigenvalue weighted by Crippen LogP contribution is -2.57. The van der Waals surface area contributed by atoms with Gasteiger partial charge < -0.3 is 0 Å². The number of nitrogens with zero attached hydrogens (tertiary/aromatic N) is 3. The summed E-state index contributed by atoms with van der Waals surface area (Å²) in [5.74, 6) is 3.00. The van der Waals surface area contributed by atoms with E-state index in [2.05, 4.69) is 16.9 Å². The van der Waals surface area contributed by atoms with Crippen molar-refractivity contribution in [2.75, 3.05) is 6.54 Å². The van der Waals surface area contributed by atoms with Crippen LogP contribution in [0.15, 0.2) is 5.11 Å². The number of rotatable bonds is 17. The first-order chi connectivity index (χ1) is 15.2. The summed E-state index contributed by atoms with van der Waals surface area (Å²) in [6, 6.07) is 0. The average Bonchev–Trinajstić information content (AvgIpc) is 2.76. The molecule has 0 amide bonds. The van der Waals surface area contributed by atoms with Crippen LogP contribution in [0.5, 0.6) is 0 Å². The van der Waals surface area contributed by atoms with E-state index in [9.17, 15) is 4.79 Å². The SMILES string of the molecule is CCCCCCCCCCCCCCCC(=O)C12CC3CC(CC(C3)C1CN=[N+]=[N-])C2. The van der Waals surface area contributed by atoms with Crippen molar-refractivity contribution < 1.29 is 4.79 Å². The Bertz CT molecular complexity index is 583. The molecular weight excluding hydrogens is 382 g/mol. The van der Waals surface area contributed by atoms with E-state index >= 15 is 0 Å². The molecule has 4 aliphatic carbocycles. The first kappa shape index (κ1) is 24.6. The second kappa shape index (κ2) is 12.9. The van der Waals surface area contributed by atoms with Crippen LogP contribution in [0.1, 0.15) is 129 Å². The van der Waals surface area contributed by atoms with Crippen molar-refractivity contribution >= 4 is 5.78 Å². The van der Waals surface area contributed by atoms with Gasteiger partial charge in [-0.15, -0.1) is 0 Å². The van der Waals surface area contributed by atoms with Crippen LogP contribution in [0.25, 0.3) is 10.4 Å². The molecule has 0 spiro atoms. The first-order valence-corrected chi connectivity index (χ1v) is 13.7. The number of ketones is 1. The third kappa shape index (κ3) is 6.73. The molecule has 0 saturated heterocycles. The lowest BCUT2D eigenvalue weighted by atomic mass is 9.43. The van der Waals surface area contributed by atoms with Crippen molar-refractivity contribution in [3.8, 4) is 0 Å². The Morgan fingerprint density at radius 1 is 0.839 bits per heavy atom. The third-order valence-electron chi connectivity index (χ3n) is 8.93. The Labute approximate surface area is 191 Å². The molecule has 4 nitrogen and oxygen atoms in total. The quantitative estimate of drug-likeness (QED) is 0.0985. The van der Waals surface area contributed by atoms with Crippen molar-refractivity contribution in [2.45, 2.75) is 129 Å². The molecule has 31 heavy (non-hydrogen) atoms. The van der Waals surface area contributed by atoms with Crippen LogP contribution < -0.4 is 0 Å². The largest absolute Gasteiger partial charge is 0.299 e. The van der Waals surface area contributed by atoms with Gasteiger partial charge in [0.1, 0.15) is 5.78 Å². The molecule has 4 fully saturated rings. The highest BCUT2D eigenvalue weighted by Gasteiger charge is 2.59. The molecule has 4 heteroatoms. The summed E-state index contributed by atoms with van der Waals surface area (Å²) in [5, 5.41) is 3.94. The van der Waals surface area contributed by atoms with Crippen molar-refractivity contribution in [1.82, 2.24) is 0 Å². The molecule has 4 bridgehead atoms. The molecule has 3 atom stereocenters. The Morgan fingerprint density at radius 3 is 1.87 bits per heavy atom. The lowest BCUT2D eigenvalue weighted by Gasteiger charge is -2.60. The van der Waals surface area contributed by atoms with Gasteiger partial charge >= 0.3 is 0 Å². The standard InChI is InChI=1S/C27H47N3O/c1-2-3-4-5-6-7-8-9-10-11-12-13-14-15-26(31)27-19-22-16-23(20-27)18-24(17-22)25(27)21-29-30-28/h22-25H,2-21H2,1H3. The molecule has 0 aromatic heterocycles. The zero-order valence-electron chi connectivity index (χ0n) is 20.2. The second-order valence-corrected chi connectivity index (χ2v) is 11.2. The van der Waals surface area contributed by atoms with E-state index in [1.807, 2.05) is 0 Å². The van der Waals surface area contributed by atoms with Crippen molar-refractivity contribution in [1.29, 1.82) is 0 Å². The van der Waals surface area contributed by atoms with Gasteiger partial charge in [0, 0.05) is 23.3 Å². The molecule has 4 aliphatic rings. The van der Waals surface area contributed by atoms with Gasteiger partial charge in [0.25, 0.3) is 0 Å². The number of carbonyl (C=O) groups excluding carboxylic acids is 1. The number of carbonyl (C=O) groups is 1. The smallest absolute Gasteiger partial charge is 0.139 e. The summed E-state index contributed by atoms with van der Waals surface area (Å²) in [4.78, 5) is 16.5. The van der Waals surface area contributed by atoms with Crippen LogP contribution in [-0.2, 0) is 4.79 Å². The molecule has 4 rings (SSSR count). The Kier molecular flexibility index (Phi) is 10.2. The van der Waals surface area contributed by atoms with Crippen LogP contribution in [0.4, 0.5) is 0 Å². The molecule has 0 N–H and O–H groups in total. The molecule has 0 aromatic carbocycles. The second-order valence-electron chi connectivity index (χ2n) is 11.2. The zero-order chi connectivity index (χ0) is 21.9. The molecule has 0 aliphatic heterocycles. The lowest BCUT2D eigenvalue weighted by molar-refractivity contribution is -0.156. The van der Waals surface area contributed by atoms with Crippen LogP contribution in [0, 0.1) is 29.1 Å². The van der Waals surface area contributed by atoms with Gasteiger partial charge in [0.05, 0.1) is 0 Å². The maximum Gasteiger partial charge on any atom is 0.139 e. The number of Topliss-reactive ketones (excluding diaryl/α,β-unsaturated/α-hetero) is 1. The topological polar surface area (TPSA) is 65.8 Å². The predicted octanol–water partition coefficient (Wildman–Crippen LogP) is 8.79. The van der Waals surface area contributed by atoms with Crippen LogP contribution in [0.2, 0.25) is 0 Å². The van der Waals surface area contributed by atoms with Gasteiger partial charge in [-0.25, -0.2) is 0 Å². The fraction of sp³-hybridized carbons (Fsp3) is 0.963. The fourth-order valence-electron chi connectivity index (χ4n) is 7.58. The fourth-order valence-corrected chi connectivity index (χ4v) is 7.58. The molecule has 3 unspecified atom stereocenters. The van der Waals surface area contributed by atoms with Crippen LogP contribution in [0.3, 0.4) is 0 Å². The van der Waals surface area contributed by atoms with Gasteiger partial charge in [-0.2, -0.15) is 0 Å². The van der Waals surface area contributed by atoms with Gasteiger partial charge in [-0.05, 0) is 67.7 Å². The van der Waals surface area contributed by atoms with Gasteiger partial charge in [0.2, 0.25) is 0 Å². The molecule has 4 saturated carbocycles. The third-order valence-corrected chi connectivity index (χ3v) is 8.93. The Balaban J connectivity index is 1.29. The highest BCUT2D eigenvalue weighted by Crippen LogP contribution is 2.63. The van der Waals surface area contributed by atoms with Gasteiger partial charge in [-0.1, -0.05) is 89.1 Å². The van der Waals surface area contributed by atoms with Crippen molar-refractivity contribution in [3.63, 3.8) is 0 Å². The van der Waals surface area contributed by atoms with Gasteiger partial charge in [0.15, 0.2) is 0 Å². The minimum atomic E-state index is -0.139. The maximum absolute atomic E-state index is 13.4. The van der Waals surface area contributed by atoms with Crippen molar-refractivity contribution in [2.24, 2.45) is 34.2 Å². The predicted molar refractivity (Wildman–Crippen MR) is 129 cm³/mol. The molecule has 0 heterocycles. The summed E-state index contributed by atoms with van der Waals surface area (Å²) in [7, 11) is 0. The minimum Gasteiger partial charge on any atom is -0.299 e. The summed E-state index contributed by atoms with van der Waals surface area (Å²) in [6.07, 6.45) is 24.3.